The number of ether oxygens (including phenoxy) is 1. The van der Waals surface area contributed by atoms with Crippen LogP contribution in [0.1, 0.15) is 24.2 Å². The van der Waals surface area contributed by atoms with Gasteiger partial charge in [-0.2, -0.15) is 0 Å². The normalized spacial score (nSPS) is 10.7. The van der Waals surface area contributed by atoms with Crippen molar-refractivity contribution >= 4 is 17.4 Å². The number of imidazole rings is 1. The number of para-hydroxylation sites is 3. The number of hydrogen-bond acceptors (Lipinski definition) is 3. The molecule has 0 aliphatic rings. The Bertz CT molecular complexity index is 901. The smallest absolute Gasteiger partial charge is 0.207 e. The van der Waals surface area contributed by atoms with Crippen molar-refractivity contribution in [1.82, 2.24) is 14.9 Å². The van der Waals surface area contributed by atoms with E-state index in [0.717, 1.165) is 54.0 Å². The molecule has 27 heavy (non-hydrogen) atoms. The molecule has 0 saturated heterocycles. The van der Waals surface area contributed by atoms with Crippen molar-refractivity contribution in [2.24, 2.45) is 0 Å². The van der Waals surface area contributed by atoms with Gasteiger partial charge < -0.3 is 14.6 Å². The van der Waals surface area contributed by atoms with Gasteiger partial charge in [0.15, 0.2) is 0 Å². The first-order valence-electron chi connectivity index (χ1n) is 9.26. The molecular weight excluding hydrogens is 338 g/mol. The van der Waals surface area contributed by atoms with Gasteiger partial charge in [0.2, 0.25) is 6.41 Å². The van der Waals surface area contributed by atoms with Gasteiger partial charge in [0.05, 0.1) is 24.2 Å². The fourth-order valence-corrected chi connectivity index (χ4v) is 3.17. The summed E-state index contributed by atoms with van der Waals surface area (Å²) in [5.41, 5.74) is 3.21. The Morgan fingerprint density at radius 1 is 1.11 bits per heavy atom. The van der Waals surface area contributed by atoms with Crippen LogP contribution < -0.4 is 10.1 Å². The molecule has 0 spiro atoms. The zero-order valence-corrected chi connectivity index (χ0v) is 15.4. The van der Waals surface area contributed by atoms with Crippen molar-refractivity contribution in [1.29, 1.82) is 0 Å². The van der Waals surface area contributed by atoms with Crippen LogP contribution in [0.3, 0.4) is 0 Å². The van der Waals surface area contributed by atoms with E-state index < -0.39 is 0 Å². The number of aromatic nitrogens is 2. The van der Waals surface area contributed by atoms with E-state index in [1.807, 2.05) is 42.5 Å². The minimum atomic E-state index is 0.434. The number of carbonyl (C=O) groups is 1. The Morgan fingerprint density at radius 3 is 2.78 bits per heavy atom. The molecule has 5 nitrogen and oxygen atoms in total. The first-order valence-corrected chi connectivity index (χ1v) is 9.26. The molecule has 3 aromatic rings. The number of fused-ring (bicyclic) bond motifs is 1. The number of rotatable bonds is 11. The Morgan fingerprint density at radius 2 is 1.93 bits per heavy atom. The van der Waals surface area contributed by atoms with Crippen LogP contribution in [0, 0.1) is 0 Å². The first kappa shape index (κ1) is 18.7. The second-order valence-electron chi connectivity index (χ2n) is 6.32. The van der Waals surface area contributed by atoms with Crippen LogP contribution in [0.25, 0.3) is 11.0 Å². The molecule has 1 N–H and O–H groups in total. The summed E-state index contributed by atoms with van der Waals surface area (Å²) in [5.74, 6) is 1.81. The average Bonchev–Trinajstić information content (AvgIpc) is 3.05. The lowest BCUT2D eigenvalue weighted by Gasteiger charge is -2.12. The van der Waals surface area contributed by atoms with Gasteiger partial charge in [0, 0.05) is 6.54 Å². The largest absolute Gasteiger partial charge is 0.493 e. The van der Waals surface area contributed by atoms with Crippen LogP contribution in [0.15, 0.2) is 61.2 Å². The Balaban J connectivity index is 1.57. The van der Waals surface area contributed by atoms with Crippen molar-refractivity contribution in [2.45, 2.75) is 32.4 Å². The summed E-state index contributed by atoms with van der Waals surface area (Å²) in [6.45, 7) is 5.74. The second-order valence-corrected chi connectivity index (χ2v) is 6.32. The predicted octanol–water partition coefficient (Wildman–Crippen LogP) is 3.87. The second kappa shape index (κ2) is 9.57. The van der Waals surface area contributed by atoms with Gasteiger partial charge in [0.25, 0.3) is 0 Å². The lowest BCUT2D eigenvalue weighted by atomic mass is 10.1. The molecule has 2 aromatic carbocycles. The topological polar surface area (TPSA) is 56.1 Å². The molecule has 5 heteroatoms. The maximum absolute atomic E-state index is 10.6. The van der Waals surface area contributed by atoms with Crippen molar-refractivity contribution < 1.29 is 9.53 Å². The van der Waals surface area contributed by atoms with Crippen LogP contribution in [0.5, 0.6) is 5.75 Å². The number of carbonyl (C=O) groups excluding carboxylic acids is 1. The highest BCUT2D eigenvalue weighted by atomic mass is 16.5. The van der Waals surface area contributed by atoms with Gasteiger partial charge in [-0.1, -0.05) is 36.4 Å². The van der Waals surface area contributed by atoms with Crippen LogP contribution >= 0.6 is 0 Å². The Labute approximate surface area is 159 Å². The number of aryl methyl sites for hydroxylation is 1. The molecular formula is C22H25N3O2. The number of hydrogen-bond donors (Lipinski definition) is 1. The number of amides is 1. The van der Waals surface area contributed by atoms with Crippen molar-refractivity contribution in [3.63, 3.8) is 0 Å². The molecule has 0 aliphatic heterocycles. The number of unbranched alkanes of at least 4 members (excludes halogenated alkanes) is 1. The van der Waals surface area contributed by atoms with E-state index in [1.165, 1.54) is 0 Å². The fraction of sp³-hybridized carbons (Fsp3) is 0.273. The lowest BCUT2D eigenvalue weighted by molar-refractivity contribution is -0.109. The van der Waals surface area contributed by atoms with Crippen molar-refractivity contribution in [2.75, 3.05) is 6.61 Å². The van der Waals surface area contributed by atoms with Gasteiger partial charge in [0.1, 0.15) is 11.6 Å². The molecule has 0 fully saturated rings. The predicted molar refractivity (Wildman–Crippen MR) is 108 cm³/mol. The zero-order valence-electron chi connectivity index (χ0n) is 15.4. The SMILES string of the molecule is C=CCc1ccccc1OCCCCn1c(CNC=O)nc2ccccc21. The third-order valence-electron chi connectivity index (χ3n) is 4.45. The van der Waals surface area contributed by atoms with E-state index in [2.05, 4.69) is 33.6 Å². The minimum absolute atomic E-state index is 0.434. The van der Waals surface area contributed by atoms with Gasteiger partial charge in [-0.15, -0.1) is 6.58 Å². The summed E-state index contributed by atoms with van der Waals surface area (Å²) in [6, 6.07) is 16.1. The summed E-state index contributed by atoms with van der Waals surface area (Å²) in [6.07, 6.45) is 5.32. The highest BCUT2D eigenvalue weighted by Crippen LogP contribution is 2.20. The van der Waals surface area contributed by atoms with E-state index >= 15 is 0 Å². The number of nitrogens with one attached hydrogen (secondary N) is 1. The average molecular weight is 363 g/mol. The number of allylic oxidation sites excluding steroid dienone is 1. The molecule has 1 aromatic heterocycles. The monoisotopic (exact) mass is 363 g/mol. The molecule has 1 heterocycles. The van der Waals surface area contributed by atoms with Crippen LogP contribution in [-0.2, 0) is 24.3 Å². The van der Waals surface area contributed by atoms with Crippen LogP contribution in [0.4, 0.5) is 0 Å². The minimum Gasteiger partial charge on any atom is -0.493 e. The van der Waals surface area contributed by atoms with Crippen LogP contribution in [0.2, 0.25) is 0 Å². The standard InChI is InChI=1S/C22H25N3O2/c1-2-9-18-10-3-6-13-21(18)27-15-8-7-14-25-20-12-5-4-11-19(20)24-22(25)16-23-17-26/h2-6,10-13,17H,1,7-9,14-16H2,(H,23,26). The van der Waals surface area contributed by atoms with E-state index in [4.69, 9.17) is 4.74 Å². The third-order valence-corrected chi connectivity index (χ3v) is 4.45. The van der Waals surface area contributed by atoms with E-state index in [-0.39, 0.29) is 0 Å². The summed E-state index contributed by atoms with van der Waals surface area (Å²) < 4.78 is 8.14. The maximum Gasteiger partial charge on any atom is 0.207 e. The molecule has 0 bridgehead atoms. The molecule has 140 valence electrons. The van der Waals surface area contributed by atoms with Gasteiger partial charge in [-0.05, 0) is 43.0 Å². The van der Waals surface area contributed by atoms with Crippen LogP contribution in [-0.4, -0.2) is 22.6 Å². The molecule has 0 atom stereocenters. The van der Waals surface area contributed by atoms with Gasteiger partial charge >= 0.3 is 0 Å². The Hall–Kier alpha value is -3.08. The quantitative estimate of drug-likeness (QED) is 0.320. The van der Waals surface area contributed by atoms with Crippen molar-refractivity contribution in [3.05, 3.63) is 72.6 Å². The van der Waals surface area contributed by atoms with Gasteiger partial charge in [-0.25, -0.2) is 4.98 Å². The molecule has 1 amide bonds. The Kier molecular flexibility index (Phi) is 6.63. The molecule has 0 saturated carbocycles. The number of benzene rings is 2. The first-order chi connectivity index (χ1) is 13.3. The highest BCUT2D eigenvalue weighted by molar-refractivity contribution is 5.75. The third kappa shape index (κ3) is 4.76. The fourth-order valence-electron chi connectivity index (χ4n) is 3.17. The maximum atomic E-state index is 10.6. The lowest BCUT2D eigenvalue weighted by Crippen LogP contribution is -2.15. The molecule has 0 unspecified atom stereocenters. The summed E-state index contributed by atoms with van der Waals surface area (Å²) in [5, 5.41) is 2.71. The van der Waals surface area contributed by atoms with E-state index in [0.29, 0.717) is 19.6 Å². The summed E-state index contributed by atoms with van der Waals surface area (Å²) in [7, 11) is 0. The van der Waals surface area contributed by atoms with E-state index in [1.54, 1.807) is 0 Å². The molecule has 0 radical (unpaired) electrons. The van der Waals surface area contributed by atoms with Crippen molar-refractivity contribution in [3.8, 4) is 5.75 Å². The zero-order chi connectivity index (χ0) is 18.9. The molecule has 0 aliphatic carbocycles. The van der Waals surface area contributed by atoms with Gasteiger partial charge in [-0.3, -0.25) is 4.79 Å². The summed E-state index contributed by atoms with van der Waals surface area (Å²) >= 11 is 0. The number of nitrogens with zero attached hydrogens (tertiary/aromatic N) is 2. The molecule has 3 rings (SSSR count). The highest BCUT2D eigenvalue weighted by Gasteiger charge is 2.09. The van der Waals surface area contributed by atoms with E-state index in [9.17, 15) is 4.79 Å². The summed E-state index contributed by atoms with van der Waals surface area (Å²) in [4.78, 5) is 15.3.